The molecule has 0 radical (unpaired) electrons. The van der Waals surface area contributed by atoms with Crippen LogP contribution in [0.5, 0.6) is 5.75 Å². The number of halogens is 2. The van der Waals surface area contributed by atoms with E-state index >= 15 is 0 Å². The lowest BCUT2D eigenvalue weighted by Gasteiger charge is -2.12. The molecule has 2 atom stereocenters. The van der Waals surface area contributed by atoms with Crippen LogP contribution in [-0.2, 0) is 14.3 Å². The predicted octanol–water partition coefficient (Wildman–Crippen LogP) is 1.86. The standard InChI is InChI=1S/C13H13F2NO5/c14-13(15)20-8-3-1-2-7(6-8)16-11(17)9-4-5-10(21-9)12(18)19/h1-3,6,9-10,13H,4-5H2,(H,16,17)(H,18,19). The number of anilines is 1. The minimum absolute atomic E-state index is 0.0847. The van der Waals surface area contributed by atoms with Crippen molar-refractivity contribution >= 4 is 17.6 Å². The van der Waals surface area contributed by atoms with Gasteiger partial charge in [-0.1, -0.05) is 6.07 Å². The van der Waals surface area contributed by atoms with Crippen molar-refractivity contribution < 1.29 is 33.0 Å². The molecule has 0 spiro atoms. The van der Waals surface area contributed by atoms with Crippen LogP contribution in [0.4, 0.5) is 14.5 Å². The van der Waals surface area contributed by atoms with Gasteiger partial charge in [0, 0.05) is 11.8 Å². The molecule has 0 aromatic heterocycles. The third kappa shape index (κ3) is 4.12. The third-order valence-electron chi connectivity index (χ3n) is 2.91. The fourth-order valence-electron chi connectivity index (χ4n) is 1.98. The zero-order valence-corrected chi connectivity index (χ0v) is 10.8. The number of carbonyl (C=O) groups excluding carboxylic acids is 1. The smallest absolute Gasteiger partial charge is 0.387 e. The first-order valence-electron chi connectivity index (χ1n) is 6.19. The molecule has 114 valence electrons. The van der Waals surface area contributed by atoms with Crippen molar-refractivity contribution in [1.82, 2.24) is 0 Å². The number of carbonyl (C=O) groups is 2. The SMILES string of the molecule is O=C(O)C1CCC(C(=O)Nc2cccc(OC(F)F)c2)O1. The zero-order chi connectivity index (χ0) is 15.4. The van der Waals surface area contributed by atoms with E-state index in [1.54, 1.807) is 0 Å². The highest BCUT2D eigenvalue weighted by Crippen LogP contribution is 2.23. The van der Waals surface area contributed by atoms with Gasteiger partial charge in [0.15, 0.2) is 6.10 Å². The van der Waals surface area contributed by atoms with Crippen LogP contribution in [0.15, 0.2) is 24.3 Å². The first kappa shape index (κ1) is 15.2. The molecule has 0 aliphatic carbocycles. The number of rotatable bonds is 5. The summed E-state index contributed by atoms with van der Waals surface area (Å²) in [5.41, 5.74) is 0.264. The fourth-order valence-corrected chi connectivity index (χ4v) is 1.98. The molecule has 6 nitrogen and oxygen atoms in total. The number of carboxylic acids is 1. The number of alkyl halides is 2. The molecule has 1 aromatic carbocycles. The van der Waals surface area contributed by atoms with Crippen molar-refractivity contribution in [3.8, 4) is 5.75 Å². The van der Waals surface area contributed by atoms with Crippen LogP contribution in [0, 0.1) is 0 Å². The Kier molecular flexibility index (Phi) is 4.69. The summed E-state index contributed by atoms with van der Waals surface area (Å²) in [6, 6.07) is 5.52. The van der Waals surface area contributed by atoms with Crippen molar-refractivity contribution in [2.45, 2.75) is 31.7 Å². The lowest BCUT2D eigenvalue weighted by molar-refractivity contribution is -0.150. The summed E-state index contributed by atoms with van der Waals surface area (Å²) in [7, 11) is 0. The molecule has 1 saturated heterocycles. The zero-order valence-electron chi connectivity index (χ0n) is 10.8. The lowest BCUT2D eigenvalue weighted by atomic mass is 10.2. The molecular formula is C13H13F2NO5. The molecule has 0 bridgehead atoms. The monoisotopic (exact) mass is 301 g/mol. The number of benzene rings is 1. The minimum atomic E-state index is -2.95. The van der Waals surface area contributed by atoms with Crippen molar-refractivity contribution in [1.29, 1.82) is 0 Å². The van der Waals surface area contributed by atoms with Gasteiger partial charge in [0.1, 0.15) is 11.9 Å². The minimum Gasteiger partial charge on any atom is -0.479 e. The maximum absolute atomic E-state index is 12.1. The Morgan fingerprint density at radius 2 is 2.05 bits per heavy atom. The van der Waals surface area contributed by atoms with Crippen molar-refractivity contribution in [2.75, 3.05) is 5.32 Å². The van der Waals surface area contributed by atoms with Gasteiger partial charge < -0.3 is 19.9 Å². The van der Waals surface area contributed by atoms with E-state index in [1.807, 2.05) is 0 Å². The van der Waals surface area contributed by atoms with Crippen LogP contribution >= 0.6 is 0 Å². The van der Waals surface area contributed by atoms with Crippen LogP contribution < -0.4 is 10.1 Å². The van der Waals surface area contributed by atoms with Crippen LogP contribution in [0.2, 0.25) is 0 Å². The molecule has 1 aliphatic heterocycles. The maximum Gasteiger partial charge on any atom is 0.387 e. The van der Waals surface area contributed by atoms with E-state index in [0.29, 0.717) is 0 Å². The molecule has 2 unspecified atom stereocenters. The van der Waals surface area contributed by atoms with E-state index in [1.165, 1.54) is 24.3 Å². The summed E-state index contributed by atoms with van der Waals surface area (Å²) >= 11 is 0. The van der Waals surface area contributed by atoms with E-state index in [-0.39, 0.29) is 24.3 Å². The molecule has 8 heteroatoms. The average Bonchev–Trinajstić information content (AvgIpc) is 2.88. The van der Waals surface area contributed by atoms with Gasteiger partial charge >= 0.3 is 12.6 Å². The van der Waals surface area contributed by atoms with Crippen molar-refractivity contribution in [3.63, 3.8) is 0 Å². The number of hydrogen-bond acceptors (Lipinski definition) is 4. The molecule has 1 fully saturated rings. The maximum atomic E-state index is 12.1. The van der Waals surface area contributed by atoms with Gasteiger partial charge in [0.2, 0.25) is 0 Å². The Bertz CT molecular complexity index is 537. The Morgan fingerprint density at radius 3 is 2.67 bits per heavy atom. The van der Waals surface area contributed by atoms with E-state index < -0.39 is 30.7 Å². The average molecular weight is 301 g/mol. The van der Waals surface area contributed by atoms with Gasteiger partial charge in [0.05, 0.1) is 0 Å². The van der Waals surface area contributed by atoms with E-state index in [0.717, 1.165) is 0 Å². The molecule has 1 amide bonds. The van der Waals surface area contributed by atoms with Gasteiger partial charge in [-0.05, 0) is 25.0 Å². The quantitative estimate of drug-likeness (QED) is 0.867. The summed E-state index contributed by atoms with van der Waals surface area (Å²) in [5.74, 6) is -1.72. The summed E-state index contributed by atoms with van der Waals surface area (Å²) in [4.78, 5) is 22.6. The van der Waals surface area contributed by atoms with Crippen LogP contribution in [-0.4, -0.2) is 35.8 Å². The molecule has 2 rings (SSSR count). The second kappa shape index (κ2) is 6.49. The Hall–Kier alpha value is -2.22. The molecular weight excluding hydrogens is 288 g/mol. The molecule has 21 heavy (non-hydrogen) atoms. The molecule has 0 saturated carbocycles. The van der Waals surface area contributed by atoms with Gasteiger partial charge in [-0.3, -0.25) is 4.79 Å². The highest BCUT2D eigenvalue weighted by molar-refractivity contribution is 5.94. The molecule has 2 N–H and O–H groups in total. The van der Waals surface area contributed by atoms with Crippen LogP contribution in [0.1, 0.15) is 12.8 Å². The number of ether oxygens (including phenoxy) is 2. The summed E-state index contributed by atoms with van der Waals surface area (Å²) in [6.45, 7) is -2.95. The second-order valence-electron chi connectivity index (χ2n) is 4.42. The van der Waals surface area contributed by atoms with E-state index in [2.05, 4.69) is 10.1 Å². The van der Waals surface area contributed by atoms with Crippen LogP contribution in [0.3, 0.4) is 0 Å². The highest BCUT2D eigenvalue weighted by Gasteiger charge is 2.34. The molecule has 1 aliphatic rings. The first-order valence-corrected chi connectivity index (χ1v) is 6.19. The Labute approximate surface area is 118 Å². The Balaban J connectivity index is 1.95. The van der Waals surface area contributed by atoms with Gasteiger partial charge in [-0.15, -0.1) is 0 Å². The van der Waals surface area contributed by atoms with Gasteiger partial charge in [-0.2, -0.15) is 8.78 Å². The third-order valence-corrected chi connectivity index (χ3v) is 2.91. The number of carboxylic acid groups (broad SMARTS) is 1. The molecule has 1 heterocycles. The number of aliphatic carboxylic acids is 1. The molecule has 1 aromatic rings. The van der Waals surface area contributed by atoms with E-state index in [9.17, 15) is 18.4 Å². The van der Waals surface area contributed by atoms with E-state index in [4.69, 9.17) is 9.84 Å². The topological polar surface area (TPSA) is 84.9 Å². The fraction of sp³-hybridized carbons (Fsp3) is 0.385. The Morgan fingerprint density at radius 1 is 1.33 bits per heavy atom. The summed E-state index contributed by atoms with van der Waals surface area (Å²) in [6.07, 6.45) is -1.32. The number of amides is 1. The normalized spacial score (nSPS) is 21.3. The largest absolute Gasteiger partial charge is 0.479 e. The van der Waals surface area contributed by atoms with Crippen molar-refractivity contribution in [3.05, 3.63) is 24.3 Å². The summed E-state index contributed by atoms with van der Waals surface area (Å²) in [5, 5.41) is 11.3. The van der Waals surface area contributed by atoms with Crippen LogP contribution in [0.25, 0.3) is 0 Å². The predicted molar refractivity (Wildman–Crippen MR) is 67.2 cm³/mol. The highest BCUT2D eigenvalue weighted by atomic mass is 19.3. The lowest BCUT2D eigenvalue weighted by Crippen LogP contribution is -2.29. The second-order valence-corrected chi connectivity index (χ2v) is 4.42. The van der Waals surface area contributed by atoms with Crippen molar-refractivity contribution in [2.24, 2.45) is 0 Å². The first-order chi connectivity index (χ1) is 9.95. The summed E-state index contributed by atoms with van der Waals surface area (Å²) < 4.78 is 33.5. The van der Waals surface area contributed by atoms with Gasteiger partial charge in [-0.25, -0.2) is 4.79 Å². The number of nitrogens with one attached hydrogen (secondary N) is 1. The number of hydrogen-bond donors (Lipinski definition) is 2. The van der Waals surface area contributed by atoms with Gasteiger partial charge in [0.25, 0.3) is 5.91 Å².